The molecule has 0 bridgehead atoms. The summed E-state index contributed by atoms with van der Waals surface area (Å²) in [6.07, 6.45) is 2.24. The van der Waals surface area contributed by atoms with E-state index in [1.54, 1.807) is 7.05 Å². The number of carbonyl (C=O) groups excluding carboxylic acids is 1. The van der Waals surface area contributed by atoms with E-state index < -0.39 is 18.3 Å². The van der Waals surface area contributed by atoms with Crippen molar-refractivity contribution in [3.63, 3.8) is 0 Å². The average molecular weight is 520 g/mol. The van der Waals surface area contributed by atoms with Crippen LogP contribution >= 0.6 is 7.37 Å². The fourth-order valence-electron chi connectivity index (χ4n) is 4.15. The number of amides is 1. The highest BCUT2D eigenvalue weighted by Gasteiger charge is 2.31. The molecule has 1 aliphatic rings. The van der Waals surface area contributed by atoms with E-state index in [1.165, 1.54) is 11.0 Å². The lowest BCUT2D eigenvalue weighted by Gasteiger charge is -2.17. The SMILES string of the molecule is CNC(=O)c1c(-c2ccc(C)cc2)oc2nc(CN(CCCP(C)(=O)O)[SH](=O)=O)c(C3CC3)cc12. The number of furan rings is 1. The van der Waals surface area contributed by atoms with Gasteiger partial charge in [0.25, 0.3) is 5.91 Å². The Labute approximate surface area is 206 Å². The Morgan fingerprint density at radius 1 is 1.29 bits per heavy atom. The van der Waals surface area contributed by atoms with Crippen LogP contribution in [0, 0.1) is 6.92 Å². The lowest BCUT2D eigenvalue weighted by molar-refractivity contribution is 0.0964. The average Bonchev–Trinajstić information content (AvgIpc) is 3.57. The van der Waals surface area contributed by atoms with E-state index in [4.69, 9.17) is 9.40 Å². The van der Waals surface area contributed by atoms with Crippen molar-refractivity contribution in [2.45, 2.75) is 38.6 Å². The largest absolute Gasteiger partial charge is 0.437 e. The topological polar surface area (TPSA) is 130 Å². The van der Waals surface area contributed by atoms with Crippen LogP contribution in [0.3, 0.4) is 0 Å². The number of carbonyl (C=O) groups is 1. The van der Waals surface area contributed by atoms with Crippen LogP contribution in [-0.2, 0) is 22.0 Å². The molecule has 0 radical (unpaired) electrons. The molecule has 2 heterocycles. The van der Waals surface area contributed by atoms with E-state index in [2.05, 4.69) is 5.32 Å². The molecular formula is C24H30N3O6PS. The van der Waals surface area contributed by atoms with Crippen LogP contribution in [0.5, 0.6) is 0 Å². The van der Waals surface area contributed by atoms with Gasteiger partial charge in [0, 0.05) is 32.0 Å². The second-order valence-corrected chi connectivity index (χ2v) is 12.7. The van der Waals surface area contributed by atoms with Crippen LogP contribution in [0.2, 0.25) is 0 Å². The summed E-state index contributed by atoms with van der Waals surface area (Å²) in [6, 6.07) is 9.56. The number of thiol groups is 1. The van der Waals surface area contributed by atoms with Crippen molar-refractivity contribution in [2.75, 3.05) is 26.4 Å². The molecule has 1 saturated carbocycles. The molecule has 9 nitrogen and oxygen atoms in total. The van der Waals surface area contributed by atoms with E-state index in [0.717, 1.165) is 29.5 Å². The Morgan fingerprint density at radius 2 is 1.97 bits per heavy atom. The Hall–Kier alpha value is -2.52. The second-order valence-electron chi connectivity index (χ2n) is 9.16. The van der Waals surface area contributed by atoms with Gasteiger partial charge >= 0.3 is 0 Å². The molecule has 4 rings (SSSR count). The molecule has 1 amide bonds. The first-order valence-corrected chi connectivity index (χ1v) is 14.9. The zero-order valence-electron chi connectivity index (χ0n) is 20.0. The van der Waals surface area contributed by atoms with E-state index in [9.17, 15) is 22.7 Å². The second kappa shape index (κ2) is 10.2. The van der Waals surface area contributed by atoms with Crippen molar-refractivity contribution in [1.29, 1.82) is 0 Å². The minimum atomic E-state index is -3.22. The third-order valence-electron chi connectivity index (χ3n) is 6.13. The van der Waals surface area contributed by atoms with Gasteiger partial charge in [0.2, 0.25) is 16.6 Å². The summed E-state index contributed by atoms with van der Waals surface area (Å²) >= 11 is 0. The minimum absolute atomic E-state index is 0.0375. The number of aryl methyl sites for hydroxylation is 1. The Kier molecular flexibility index (Phi) is 7.47. The lowest BCUT2D eigenvalue weighted by Crippen LogP contribution is -2.24. The number of fused-ring (bicyclic) bond motifs is 1. The number of pyridine rings is 1. The van der Waals surface area contributed by atoms with Crippen molar-refractivity contribution < 1.29 is 27.1 Å². The summed E-state index contributed by atoms with van der Waals surface area (Å²) in [5.41, 5.74) is 3.99. The quantitative estimate of drug-likeness (QED) is 0.275. The monoisotopic (exact) mass is 519 g/mol. The number of rotatable bonds is 10. The fraction of sp³-hybridized carbons (Fsp3) is 0.417. The van der Waals surface area contributed by atoms with Gasteiger partial charge in [-0.25, -0.2) is 13.4 Å². The van der Waals surface area contributed by atoms with Crippen LogP contribution in [0.25, 0.3) is 22.4 Å². The van der Waals surface area contributed by atoms with Gasteiger partial charge in [-0.3, -0.25) is 9.36 Å². The Morgan fingerprint density at radius 3 is 2.54 bits per heavy atom. The third kappa shape index (κ3) is 6.01. The molecule has 1 atom stereocenters. The van der Waals surface area contributed by atoms with Crippen LogP contribution in [0.15, 0.2) is 34.7 Å². The molecule has 0 spiro atoms. The van der Waals surface area contributed by atoms with Crippen molar-refractivity contribution in [3.8, 4) is 11.3 Å². The van der Waals surface area contributed by atoms with Crippen molar-refractivity contribution in [1.82, 2.24) is 14.6 Å². The molecule has 0 aliphatic heterocycles. The molecule has 1 aliphatic carbocycles. The standard InChI is InChI=1S/C24H30N3O6PS/c1-15-5-7-17(8-6-15)22-21(23(28)25-2)19-13-18(16-9-10-16)20(26-24(19)33-22)14-27(35(31)32)11-4-12-34(3,29)30/h5-8,13,16,35H,4,9-12,14H2,1-3H3,(H,25,28)(H,29,30). The zero-order chi connectivity index (χ0) is 25.3. The molecule has 188 valence electrons. The van der Waals surface area contributed by atoms with Crippen molar-refractivity contribution >= 4 is 35.3 Å². The molecule has 3 aromatic rings. The lowest BCUT2D eigenvalue weighted by atomic mass is 10.0. The molecule has 0 saturated heterocycles. The van der Waals surface area contributed by atoms with Crippen LogP contribution < -0.4 is 5.32 Å². The van der Waals surface area contributed by atoms with Gasteiger partial charge in [0.15, 0.2) is 7.37 Å². The number of nitrogens with one attached hydrogen (secondary N) is 1. The summed E-state index contributed by atoms with van der Waals surface area (Å²) in [6.45, 7) is 3.40. The van der Waals surface area contributed by atoms with Gasteiger partial charge in [-0.15, -0.1) is 0 Å². The van der Waals surface area contributed by atoms with Gasteiger partial charge in [-0.1, -0.05) is 29.8 Å². The number of hydrogen-bond donors (Lipinski definition) is 3. The molecular weight excluding hydrogens is 489 g/mol. The van der Waals surface area contributed by atoms with Crippen molar-refractivity contribution in [2.24, 2.45) is 0 Å². The predicted octanol–water partition coefficient (Wildman–Crippen LogP) is 3.66. The first-order chi connectivity index (χ1) is 16.6. The molecule has 2 aromatic heterocycles. The maximum atomic E-state index is 12.9. The zero-order valence-corrected chi connectivity index (χ0v) is 21.8. The Bertz CT molecular complexity index is 1360. The molecule has 35 heavy (non-hydrogen) atoms. The maximum Gasteiger partial charge on any atom is 0.255 e. The van der Waals surface area contributed by atoms with Gasteiger partial charge in [0.05, 0.1) is 23.2 Å². The third-order valence-corrected chi connectivity index (χ3v) is 8.08. The highest BCUT2D eigenvalue weighted by Crippen LogP contribution is 2.44. The van der Waals surface area contributed by atoms with Crippen LogP contribution in [-0.4, -0.2) is 54.9 Å². The maximum absolute atomic E-state index is 12.9. The molecule has 1 aromatic carbocycles. The van der Waals surface area contributed by atoms with Gasteiger partial charge < -0.3 is 14.6 Å². The van der Waals surface area contributed by atoms with Gasteiger partial charge in [-0.05, 0) is 43.7 Å². The molecule has 1 unspecified atom stereocenters. The van der Waals surface area contributed by atoms with E-state index in [1.807, 2.05) is 37.3 Å². The number of hydrogen-bond acceptors (Lipinski definition) is 6. The fourth-order valence-corrected chi connectivity index (χ4v) is 5.43. The first kappa shape index (κ1) is 25.6. The van der Waals surface area contributed by atoms with Crippen LogP contribution in [0.1, 0.15) is 52.4 Å². The van der Waals surface area contributed by atoms with Crippen molar-refractivity contribution in [3.05, 3.63) is 52.7 Å². The van der Waals surface area contributed by atoms with E-state index in [0.29, 0.717) is 22.4 Å². The van der Waals surface area contributed by atoms with Gasteiger partial charge in [0.1, 0.15) is 5.76 Å². The number of nitrogens with zero attached hydrogens (tertiary/aromatic N) is 2. The molecule has 11 heteroatoms. The first-order valence-electron chi connectivity index (χ1n) is 11.5. The minimum Gasteiger partial charge on any atom is -0.437 e. The van der Waals surface area contributed by atoms with E-state index >= 15 is 0 Å². The molecule has 1 fully saturated rings. The summed E-state index contributed by atoms with van der Waals surface area (Å²) in [5, 5.41) is 3.28. The summed E-state index contributed by atoms with van der Waals surface area (Å²) in [7, 11) is -4.57. The summed E-state index contributed by atoms with van der Waals surface area (Å²) < 4.78 is 42.8. The summed E-state index contributed by atoms with van der Waals surface area (Å²) in [4.78, 5) is 27.1. The molecule has 2 N–H and O–H groups in total. The van der Waals surface area contributed by atoms with Crippen LogP contribution in [0.4, 0.5) is 0 Å². The normalized spacial score (nSPS) is 15.6. The highest BCUT2D eigenvalue weighted by atomic mass is 32.2. The number of aromatic nitrogens is 1. The highest BCUT2D eigenvalue weighted by molar-refractivity contribution is 7.69. The predicted molar refractivity (Wildman–Crippen MR) is 136 cm³/mol. The summed E-state index contributed by atoms with van der Waals surface area (Å²) in [5.74, 6) is 0.379. The number of benzene rings is 1. The Balaban J connectivity index is 1.77. The van der Waals surface area contributed by atoms with Gasteiger partial charge in [-0.2, -0.15) is 4.31 Å². The smallest absolute Gasteiger partial charge is 0.255 e. The van der Waals surface area contributed by atoms with E-state index in [-0.39, 0.29) is 43.2 Å².